The normalized spacial score (nSPS) is 28.1. The fourth-order valence-electron chi connectivity index (χ4n) is 3.64. The minimum absolute atomic E-state index is 0.0339. The number of aromatic nitrogens is 2. The Morgan fingerprint density at radius 1 is 1.40 bits per heavy atom. The van der Waals surface area contributed by atoms with Gasteiger partial charge in [0, 0.05) is 16.3 Å². The maximum atomic E-state index is 6.47. The van der Waals surface area contributed by atoms with Gasteiger partial charge in [0.1, 0.15) is 0 Å². The maximum Gasteiger partial charge on any atom is 0.0823 e. The quantitative estimate of drug-likeness (QED) is 0.641. The second-order valence-electron chi connectivity index (χ2n) is 7.14. The summed E-state index contributed by atoms with van der Waals surface area (Å²) in [6, 6.07) is 0.341. The van der Waals surface area contributed by atoms with Crippen LogP contribution in [0.2, 0.25) is 5.02 Å². The van der Waals surface area contributed by atoms with Crippen molar-refractivity contribution in [3.05, 3.63) is 16.9 Å². The molecule has 0 radical (unpaired) electrons. The van der Waals surface area contributed by atoms with E-state index >= 15 is 0 Å². The Balaban J connectivity index is 2.37. The lowest BCUT2D eigenvalue weighted by atomic mass is 9.67. The van der Waals surface area contributed by atoms with E-state index in [-0.39, 0.29) is 5.41 Å². The highest BCUT2D eigenvalue weighted by molar-refractivity contribution is 9.09. The first-order valence-corrected chi connectivity index (χ1v) is 8.92. The third kappa shape index (κ3) is 2.94. The average Bonchev–Trinajstić information content (AvgIpc) is 2.71. The number of alkyl halides is 1. The second-order valence-corrected chi connectivity index (χ2v) is 8.73. The van der Waals surface area contributed by atoms with Crippen LogP contribution < -0.4 is 0 Å². The van der Waals surface area contributed by atoms with Crippen molar-refractivity contribution in [2.24, 2.45) is 11.8 Å². The van der Waals surface area contributed by atoms with Gasteiger partial charge in [-0.15, -0.1) is 0 Å². The molecule has 0 aliphatic heterocycles. The van der Waals surface area contributed by atoms with Crippen LogP contribution in [-0.2, 0) is 5.41 Å². The first-order chi connectivity index (χ1) is 9.25. The Morgan fingerprint density at radius 3 is 2.60 bits per heavy atom. The smallest absolute Gasteiger partial charge is 0.0823 e. The Bertz CT molecular complexity index is 467. The van der Waals surface area contributed by atoms with E-state index in [2.05, 4.69) is 60.3 Å². The van der Waals surface area contributed by atoms with Crippen LogP contribution in [0, 0.1) is 11.8 Å². The summed E-state index contributed by atoms with van der Waals surface area (Å²) in [6.07, 6.45) is 5.61. The number of hydrogen-bond acceptors (Lipinski definition) is 1. The molecule has 1 aromatic heterocycles. The lowest BCUT2D eigenvalue weighted by Gasteiger charge is -2.42. The molecule has 1 heterocycles. The minimum atomic E-state index is 0.0339. The van der Waals surface area contributed by atoms with Crippen molar-refractivity contribution in [3.8, 4) is 0 Å². The molecule has 20 heavy (non-hydrogen) atoms. The molecule has 1 fully saturated rings. The van der Waals surface area contributed by atoms with E-state index in [0.29, 0.717) is 16.8 Å². The molecule has 4 heteroatoms. The predicted molar refractivity (Wildman–Crippen MR) is 89.9 cm³/mol. The van der Waals surface area contributed by atoms with Crippen LogP contribution in [-0.4, -0.2) is 14.6 Å². The van der Waals surface area contributed by atoms with Gasteiger partial charge in [0.25, 0.3) is 0 Å². The van der Waals surface area contributed by atoms with Gasteiger partial charge < -0.3 is 0 Å². The van der Waals surface area contributed by atoms with E-state index < -0.39 is 0 Å². The van der Waals surface area contributed by atoms with Gasteiger partial charge in [-0.1, -0.05) is 54.7 Å². The number of hydrogen-bond donors (Lipinski definition) is 0. The largest absolute Gasteiger partial charge is 0.265 e. The zero-order valence-electron chi connectivity index (χ0n) is 13.2. The van der Waals surface area contributed by atoms with Crippen LogP contribution in [0.1, 0.15) is 65.6 Å². The first-order valence-electron chi connectivity index (χ1n) is 7.62. The number of rotatable bonds is 3. The number of halogens is 2. The molecule has 0 amide bonds. The van der Waals surface area contributed by atoms with Crippen LogP contribution in [0.5, 0.6) is 0 Å². The fraction of sp³-hybridized carbons (Fsp3) is 0.812. The van der Waals surface area contributed by atoms with Crippen LogP contribution >= 0.6 is 27.5 Å². The predicted octanol–water partition coefficient (Wildman–Crippen LogP) is 5.59. The van der Waals surface area contributed by atoms with Crippen molar-refractivity contribution in [2.45, 2.75) is 70.2 Å². The van der Waals surface area contributed by atoms with Crippen molar-refractivity contribution < 1.29 is 0 Å². The molecule has 114 valence electrons. The SMILES string of the molecule is CC1CCC(C(C)(C)c2c(Cl)cnn2C(C)C)C(Br)C1. The zero-order chi connectivity index (χ0) is 15.1. The maximum absolute atomic E-state index is 6.47. The van der Waals surface area contributed by atoms with Crippen molar-refractivity contribution >= 4 is 27.5 Å². The van der Waals surface area contributed by atoms with E-state index in [1.807, 2.05) is 0 Å². The molecule has 1 aliphatic rings. The summed E-state index contributed by atoms with van der Waals surface area (Å²) in [6.45, 7) is 11.3. The molecule has 3 atom stereocenters. The topological polar surface area (TPSA) is 17.8 Å². The molecule has 0 N–H and O–H groups in total. The van der Waals surface area contributed by atoms with Gasteiger partial charge >= 0.3 is 0 Å². The summed E-state index contributed by atoms with van der Waals surface area (Å²) < 4.78 is 2.10. The number of nitrogens with zero attached hydrogens (tertiary/aromatic N) is 2. The van der Waals surface area contributed by atoms with Gasteiger partial charge in [-0.3, -0.25) is 4.68 Å². The Labute approximate surface area is 136 Å². The molecule has 0 aromatic carbocycles. The van der Waals surface area contributed by atoms with Gasteiger partial charge in [-0.25, -0.2) is 0 Å². The van der Waals surface area contributed by atoms with Gasteiger partial charge in [-0.2, -0.15) is 5.10 Å². The molecule has 0 spiro atoms. The fourth-order valence-corrected chi connectivity index (χ4v) is 5.57. The van der Waals surface area contributed by atoms with Crippen molar-refractivity contribution in [1.82, 2.24) is 9.78 Å². The Morgan fingerprint density at radius 2 is 2.05 bits per heavy atom. The zero-order valence-corrected chi connectivity index (χ0v) is 15.5. The van der Waals surface area contributed by atoms with Crippen LogP contribution in [0.4, 0.5) is 0 Å². The molecule has 3 unspecified atom stereocenters. The summed E-state index contributed by atoms with van der Waals surface area (Å²) in [5.74, 6) is 1.42. The monoisotopic (exact) mass is 360 g/mol. The van der Waals surface area contributed by atoms with Crippen LogP contribution in [0.25, 0.3) is 0 Å². The molecule has 2 rings (SSSR count). The van der Waals surface area contributed by atoms with Crippen molar-refractivity contribution in [2.75, 3.05) is 0 Å². The van der Waals surface area contributed by atoms with E-state index in [9.17, 15) is 0 Å². The third-order valence-corrected chi connectivity index (χ3v) is 6.10. The van der Waals surface area contributed by atoms with Gasteiger partial charge in [0.2, 0.25) is 0 Å². The Kier molecular flexibility index (Phi) is 4.91. The van der Waals surface area contributed by atoms with Crippen molar-refractivity contribution in [3.63, 3.8) is 0 Å². The molecule has 0 saturated heterocycles. The molecule has 1 saturated carbocycles. The van der Waals surface area contributed by atoms with E-state index in [4.69, 9.17) is 11.6 Å². The lowest BCUT2D eigenvalue weighted by molar-refractivity contribution is 0.202. The summed E-state index contributed by atoms with van der Waals surface area (Å²) >= 11 is 10.4. The minimum Gasteiger partial charge on any atom is -0.265 e. The summed E-state index contributed by atoms with van der Waals surface area (Å²) in [4.78, 5) is 0.563. The first kappa shape index (κ1) is 16.4. The molecule has 1 aromatic rings. The lowest BCUT2D eigenvalue weighted by Crippen LogP contribution is -2.40. The van der Waals surface area contributed by atoms with Crippen LogP contribution in [0.3, 0.4) is 0 Å². The molecule has 2 nitrogen and oxygen atoms in total. The van der Waals surface area contributed by atoms with Gasteiger partial charge in [0.05, 0.1) is 16.9 Å². The van der Waals surface area contributed by atoms with E-state index in [1.54, 1.807) is 6.20 Å². The van der Waals surface area contributed by atoms with E-state index in [0.717, 1.165) is 10.9 Å². The van der Waals surface area contributed by atoms with Gasteiger partial charge in [-0.05, 0) is 38.5 Å². The summed E-state index contributed by atoms with van der Waals surface area (Å²) in [5, 5.41) is 5.29. The van der Waals surface area contributed by atoms with Crippen molar-refractivity contribution in [1.29, 1.82) is 0 Å². The standard InChI is InChI=1S/C16H26BrClN2/c1-10(2)20-15(14(18)9-19-20)16(4,5)12-7-6-11(3)8-13(12)17/h9-13H,6-8H2,1-5H3. The molecule has 1 aliphatic carbocycles. The highest BCUT2D eigenvalue weighted by Crippen LogP contribution is 2.47. The Hall–Kier alpha value is -0.0200. The molecule has 0 bridgehead atoms. The summed E-state index contributed by atoms with van der Waals surface area (Å²) in [5.41, 5.74) is 1.23. The molecular formula is C16H26BrClN2. The highest BCUT2D eigenvalue weighted by atomic mass is 79.9. The molecular weight excluding hydrogens is 336 g/mol. The van der Waals surface area contributed by atoms with Crippen LogP contribution in [0.15, 0.2) is 6.20 Å². The third-order valence-electron chi connectivity index (χ3n) is 4.81. The van der Waals surface area contributed by atoms with Gasteiger partial charge in [0.15, 0.2) is 0 Å². The summed E-state index contributed by atoms with van der Waals surface area (Å²) in [7, 11) is 0. The average molecular weight is 362 g/mol. The van der Waals surface area contributed by atoms with E-state index in [1.165, 1.54) is 25.0 Å². The second kappa shape index (κ2) is 6.00. The highest BCUT2D eigenvalue weighted by Gasteiger charge is 2.42.